The number of anilines is 1. The first-order chi connectivity index (χ1) is 7.77. The molecule has 0 bridgehead atoms. The summed E-state index contributed by atoms with van der Waals surface area (Å²) in [6.45, 7) is 8.54. The molecule has 0 aliphatic rings. The number of rotatable bonds is 2. The van der Waals surface area contributed by atoms with Crippen molar-refractivity contribution in [3.05, 3.63) is 29.3 Å². The molecule has 2 nitrogen and oxygen atoms in total. The van der Waals surface area contributed by atoms with Gasteiger partial charge >= 0.3 is 0 Å². The molecule has 94 valence electrons. The van der Waals surface area contributed by atoms with Gasteiger partial charge in [0.05, 0.1) is 0 Å². The highest BCUT2D eigenvalue weighted by Crippen LogP contribution is 2.27. The van der Waals surface area contributed by atoms with Crippen LogP contribution in [0.2, 0.25) is 0 Å². The lowest BCUT2D eigenvalue weighted by Gasteiger charge is -2.23. The Bertz CT molecular complexity index is 421. The van der Waals surface area contributed by atoms with Gasteiger partial charge in [-0.15, -0.1) is 11.6 Å². The number of alkyl halides is 1. The molecule has 0 aliphatic heterocycles. The van der Waals surface area contributed by atoms with Crippen molar-refractivity contribution in [2.75, 3.05) is 17.8 Å². The fourth-order valence-electron chi connectivity index (χ4n) is 1.72. The van der Waals surface area contributed by atoms with Crippen molar-refractivity contribution >= 4 is 23.2 Å². The van der Waals surface area contributed by atoms with Crippen LogP contribution >= 0.6 is 11.6 Å². The lowest BCUT2D eigenvalue weighted by Crippen LogP contribution is -2.28. The molecule has 1 aromatic carbocycles. The predicted molar refractivity (Wildman–Crippen MR) is 74.0 cm³/mol. The van der Waals surface area contributed by atoms with Crippen LogP contribution in [0.4, 0.5) is 5.69 Å². The zero-order chi connectivity index (χ0) is 13.2. The Kier molecular flexibility index (Phi) is 4.21. The van der Waals surface area contributed by atoms with E-state index in [9.17, 15) is 4.79 Å². The first-order valence-corrected chi connectivity index (χ1v) is 6.24. The minimum Gasteiger partial charge on any atom is -0.314 e. The number of amides is 1. The molecular formula is C14H20ClNO. The van der Waals surface area contributed by atoms with Crippen molar-refractivity contribution in [1.82, 2.24) is 0 Å². The molecular weight excluding hydrogens is 234 g/mol. The van der Waals surface area contributed by atoms with E-state index in [2.05, 4.69) is 32.9 Å². The van der Waals surface area contributed by atoms with Gasteiger partial charge in [-0.3, -0.25) is 4.79 Å². The second kappa shape index (κ2) is 5.09. The number of benzene rings is 1. The van der Waals surface area contributed by atoms with Crippen LogP contribution in [-0.4, -0.2) is 18.8 Å². The lowest BCUT2D eigenvalue weighted by molar-refractivity contribution is -0.116. The van der Waals surface area contributed by atoms with Gasteiger partial charge in [0.15, 0.2) is 0 Å². The third kappa shape index (κ3) is 3.22. The van der Waals surface area contributed by atoms with Crippen LogP contribution in [0.15, 0.2) is 18.2 Å². The van der Waals surface area contributed by atoms with Crippen LogP contribution in [0.25, 0.3) is 0 Å². The largest absolute Gasteiger partial charge is 0.314 e. The molecule has 0 aromatic heterocycles. The van der Waals surface area contributed by atoms with Gasteiger partial charge in [0.1, 0.15) is 5.88 Å². The molecule has 1 amide bonds. The summed E-state index contributed by atoms with van der Waals surface area (Å²) >= 11 is 5.56. The van der Waals surface area contributed by atoms with E-state index < -0.39 is 0 Å². The highest BCUT2D eigenvalue weighted by molar-refractivity contribution is 6.29. The number of nitrogens with zero attached hydrogens (tertiary/aromatic N) is 1. The third-order valence-corrected chi connectivity index (χ3v) is 3.14. The number of hydrogen-bond acceptors (Lipinski definition) is 1. The van der Waals surface area contributed by atoms with E-state index in [1.807, 2.05) is 13.0 Å². The first kappa shape index (κ1) is 14.0. The lowest BCUT2D eigenvalue weighted by atomic mass is 9.86. The van der Waals surface area contributed by atoms with Gasteiger partial charge in [-0.25, -0.2) is 0 Å². The van der Waals surface area contributed by atoms with Crippen LogP contribution < -0.4 is 4.90 Å². The Balaban J connectivity index is 3.10. The maximum absolute atomic E-state index is 11.5. The van der Waals surface area contributed by atoms with Crippen molar-refractivity contribution in [1.29, 1.82) is 0 Å². The van der Waals surface area contributed by atoms with Crippen LogP contribution in [0.5, 0.6) is 0 Å². The van der Waals surface area contributed by atoms with Gasteiger partial charge in [-0.05, 0) is 29.5 Å². The molecule has 0 saturated heterocycles. The van der Waals surface area contributed by atoms with Crippen molar-refractivity contribution in [2.24, 2.45) is 0 Å². The number of hydrogen-bond donors (Lipinski definition) is 0. The average molecular weight is 254 g/mol. The van der Waals surface area contributed by atoms with Crippen molar-refractivity contribution in [3.8, 4) is 0 Å². The normalized spacial score (nSPS) is 11.4. The fraction of sp³-hybridized carbons (Fsp3) is 0.500. The number of carbonyl (C=O) groups excluding carboxylic acids is 1. The summed E-state index contributed by atoms with van der Waals surface area (Å²) < 4.78 is 0. The summed E-state index contributed by atoms with van der Waals surface area (Å²) in [7, 11) is 1.75. The molecule has 0 atom stereocenters. The summed E-state index contributed by atoms with van der Waals surface area (Å²) in [5.74, 6) is -0.0741. The minimum absolute atomic E-state index is 0.0109. The zero-order valence-electron chi connectivity index (χ0n) is 11.2. The molecule has 0 unspecified atom stereocenters. The zero-order valence-corrected chi connectivity index (χ0v) is 11.9. The maximum atomic E-state index is 11.5. The van der Waals surface area contributed by atoms with Gasteiger partial charge in [-0.1, -0.05) is 32.9 Å². The Morgan fingerprint density at radius 2 is 1.94 bits per heavy atom. The summed E-state index contributed by atoms with van der Waals surface area (Å²) in [5.41, 5.74) is 3.41. The topological polar surface area (TPSA) is 20.3 Å². The molecule has 0 N–H and O–H groups in total. The molecule has 1 aromatic rings. The van der Waals surface area contributed by atoms with Crippen LogP contribution in [-0.2, 0) is 10.2 Å². The number of halogens is 1. The Morgan fingerprint density at radius 1 is 1.35 bits per heavy atom. The Labute approximate surface area is 109 Å². The van der Waals surface area contributed by atoms with Gasteiger partial charge < -0.3 is 4.90 Å². The highest BCUT2D eigenvalue weighted by atomic mass is 35.5. The average Bonchev–Trinajstić information content (AvgIpc) is 2.25. The minimum atomic E-state index is -0.0849. The fourth-order valence-corrected chi connectivity index (χ4v) is 1.90. The van der Waals surface area contributed by atoms with Gasteiger partial charge in [0, 0.05) is 12.7 Å². The molecule has 0 saturated carbocycles. The molecule has 0 spiro atoms. The summed E-state index contributed by atoms with van der Waals surface area (Å²) in [6, 6.07) is 6.19. The van der Waals surface area contributed by atoms with Crippen molar-refractivity contribution in [2.45, 2.75) is 33.1 Å². The third-order valence-electron chi connectivity index (χ3n) is 2.91. The van der Waals surface area contributed by atoms with E-state index in [0.717, 1.165) is 11.3 Å². The molecule has 0 heterocycles. The SMILES string of the molecule is Cc1cc(C(C)(C)C)ccc1N(C)C(=O)CCl. The van der Waals surface area contributed by atoms with E-state index in [-0.39, 0.29) is 17.2 Å². The molecule has 0 fully saturated rings. The number of aryl methyl sites for hydroxylation is 1. The van der Waals surface area contributed by atoms with Crippen LogP contribution in [0.1, 0.15) is 31.9 Å². The Morgan fingerprint density at radius 3 is 2.35 bits per heavy atom. The molecule has 1 rings (SSSR count). The predicted octanol–water partition coefficient (Wildman–Crippen LogP) is 3.49. The molecule has 3 heteroatoms. The van der Waals surface area contributed by atoms with Crippen LogP contribution in [0, 0.1) is 6.92 Å². The van der Waals surface area contributed by atoms with Crippen molar-refractivity contribution < 1.29 is 4.79 Å². The van der Waals surface area contributed by atoms with Gasteiger partial charge in [-0.2, -0.15) is 0 Å². The smallest absolute Gasteiger partial charge is 0.241 e. The number of carbonyl (C=O) groups is 1. The van der Waals surface area contributed by atoms with E-state index in [1.54, 1.807) is 11.9 Å². The van der Waals surface area contributed by atoms with Gasteiger partial charge in [0.2, 0.25) is 5.91 Å². The van der Waals surface area contributed by atoms with Crippen molar-refractivity contribution in [3.63, 3.8) is 0 Å². The standard InChI is InChI=1S/C14H20ClNO/c1-10-8-11(14(2,3)4)6-7-12(10)16(5)13(17)9-15/h6-8H,9H2,1-5H3. The van der Waals surface area contributed by atoms with E-state index in [0.29, 0.717) is 0 Å². The second-order valence-electron chi connectivity index (χ2n) is 5.34. The summed E-state index contributed by atoms with van der Waals surface area (Å²) in [5, 5.41) is 0. The van der Waals surface area contributed by atoms with Crippen LogP contribution in [0.3, 0.4) is 0 Å². The first-order valence-electron chi connectivity index (χ1n) is 5.71. The summed E-state index contributed by atoms with van der Waals surface area (Å²) in [4.78, 5) is 13.1. The summed E-state index contributed by atoms with van der Waals surface area (Å²) in [6.07, 6.45) is 0. The van der Waals surface area contributed by atoms with E-state index >= 15 is 0 Å². The monoisotopic (exact) mass is 253 g/mol. The second-order valence-corrected chi connectivity index (χ2v) is 5.60. The van der Waals surface area contributed by atoms with E-state index in [4.69, 9.17) is 11.6 Å². The molecule has 17 heavy (non-hydrogen) atoms. The van der Waals surface area contributed by atoms with Gasteiger partial charge in [0.25, 0.3) is 0 Å². The van der Waals surface area contributed by atoms with E-state index in [1.165, 1.54) is 5.56 Å². The quantitative estimate of drug-likeness (QED) is 0.739. The molecule has 0 aliphatic carbocycles. The maximum Gasteiger partial charge on any atom is 0.241 e. The molecule has 0 radical (unpaired) electrons. The Hall–Kier alpha value is -1.02. The highest BCUT2D eigenvalue weighted by Gasteiger charge is 2.17.